The summed E-state index contributed by atoms with van der Waals surface area (Å²) < 4.78 is 19.5. The fourth-order valence-electron chi connectivity index (χ4n) is 7.94. The van der Waals surface area contributed by atoms with Crippen molar-refractivity contribution in [1.29, 1.82) is 0 Å². The molecule has 0 aliphatic heterocycles. The van der Waals surface area contributed by atoms with Crippen LogP contribution in [0.25, 0.3) is 11.1 Å². The number of fused-ring (bicyclic) bond motifs is 3. The number of carbonyl (C=O) groups excluding carboxylic acids is 2. The summed E-state index contributed by atoms with van der Waals surface area (Å²) in [5.74, 6) is -0.822. The van der Waals surface area contributed by atoms with Crippen molar-refractivity contribution >= 4 is 12.1 Å². The summed E-state index contributed by atoms with van der Waals surface area (Å²) in [7, 11) is 0. The van der Waals surface area contributed by atoms with Crippen LogP contribution in [0.3, 0.4) is 0 Å². The number of hydrogen-bond donors (Lipinski definition) is 1. The van der Waals surface area contributed by atoms with Gasteiger partial charge in [-0.15, -0.1) is 0 Å². The molecule has 0 bridgehead atoms. The van der Waals surface area contributed by atoms with Gasteiger partial charge in [0.1, 0.15) is 12.2 Å². The summed E-state index contributed by atoms with van der Waals surface area (Å²) in [6.45, 7) is 3.87. The molecule has 8 rings (SSSR count). The first-order chi connectivity index (χ1) is 28.4. The molecular formula is C52H45NO5. The fraction of sp³-hybridized carbons (Fsp3) is 0.154. The van der Waals surface area contributed by atoms with Crippen molar-refractivity contribution in [2.45, 2.75) is 37.5 Å². The number of nitrogens with one attached hydrogen (secondary N) is 1. The predicted octanol–water partition coefficient (Wildman–Crippen LogP) is 10.9. The molecule has 0 fully saturated rings. The average Bonchev–Trinajstić information content (AvgIpc) is 3.59. The molecule has 1 aliphatic carbocycles. The van der Waals surface area contributed by atoms with Crippen LogP contribution >= 0.6 is 0 Å². The zero-order valence-electron chi connectivity index (χ0n) is 32.6. The molecule has 6 nitrogen and oxygen atoms in total. The van der Waals surface area contributed by atoms with Gasteiger partial charge in [0.15, 0.2) is 12.1 Å². The monoisotopic (exact) mass is 763 g/mol. The smallest absolute Gasteiger partial charge is 0.407 e. The van der Waals surface area contributed by atoms with E-state index in [1.807, 2.05) is 178 Å². The Morgan fingerprint density at radius 1 is 0.552 bits per heavy atom. The Morgan fingerprint density at radius 2 is 0.966 bits per heavy atom. The first-order valence-electron chi connectivity index (χ1n) is 19.7. The molecule has 0 heterocycles. The number of amides is 1. The molecule has 0 aromatic heterocycles. The van der Waals surface area contributed by atoms with E-state index in [-0.39, 0.29) is 19.1 Å². The Bertz CT molecular complexity index is 2280. The molecule has 1 amide bonds. The molecular weight excluding hydrogens is 719 g/mol. The van der Waals surface area contributed by atoms with Gasteiger partial charge in [0.05, 0.1) is 6.61 Å². The summed E-state index contributed by atoms with van der Waals surface area (Å²) in [5.41, 5.74) is 9.62. The van der Waals surface area contributed by atoms with Crippen molar-refractivity contribution < 1.29 is 23.8 Å². The van der Waals surface area contributed by atoms with Gasteiger partial charge >= 0.3 is 12.1 Å². The minimum atomic E-state index is -1.26. The third kappa shape index (κ3) is 7.93. The van der Waals surface area contributed by atoms with E-state index >= 15 is 0 Å². The summed E-state index contributed by atoms with van der Waals surface area (Å²) in [5, 5.41) is 2.88. The van der Waals surface area contributed by atoms with E-state index in [9.17, 15) is 9.59 Å². The molecule has 7 aromatic rings. The van der Waals surface area contributed by atoms with E-state index in [1.165, 1.54) is 0 Å². The summed E-state index contributed by atoms with van der Waals surface area (Å²) >= 11 is 0. The Kier molecular flexibility index (Phi) is 11.3. The number of alkyl carbamates (subject to hydrolysis) is 1. The van der Waals surface area contributed by atoms with Gasteiger partial charge < -0.3 is 19.5 Å². The van der Waals surface area contributed by atoms with Gasteiger partial charge in [-0.2, -0.15) is 0 Å². The molecule has 1 atom stereocenters. The largest absolute Gasteiger partial charge is 0.451 e. The standard InChI is InChI=1S/C52H45NO5/c1-36-26-30-38(31-27-36)49(39-32-28-37(2)29-33-39)58-50(54)48(53-51(55)56-34-47-45-24-14-12-22-43(45)44-23-13-15-25-46(44)47)35-57-52(40-16-6-3-7-17-40,41-18-8-4-9-19-41)42-20-10-5-11-21-42/h3-33,47-49H,34-35H2,1-2H3,(H,53,55)/t48-/m0/s1. The zero-order chi connectivity index (χ0) is 39.9. The lowest BCUT2D eigenvalue weighted by Gasteiger charge is -2.37. The third-order valence-electron chi connectivity index (χ3n) is 10.9. The topological polar surface area (TPSA) is 73.9 Å². The highest BCUT2D eigenvalue weighted by Gasteiger charge is 2.40. The number of ether oxygens (including phenoxy) is 3. The molecule has 1 aliphatic rings. The van der Waals surface area contributed by atoms with Crippen molar-refractivity contribution in [1.82, 2.24) is 5.32 Å². The molecule has 0 spiro atoms. The second kappa shape index (κ2) is 17.2. The highest BCUT2D eigenvalue weighted by Crippen LogP contribution is 2.45. The van der Waals surface area contributed by atoms with Crippen molar-refractivity contribution in [2.24, 2.45) is 0 Å². The normalized spacial score (nSPS) is 12.7. The quantitative estimate of drug-likeness (QED) is 0.0935. The Hall–Kier alpha value is -6.76. The number of hydrogen-bond acceptors (Lipinski definition) is 5. The van der Waals surface area contributed by atoms with Crippen molar-refractivity contribution in [3.8, 4) is 11.1 Å². The number of benzene rings is 7. The van der Waals surface area contributed by atoms with E-state index in [0.717, 1.165) is 61.2 Å². The van der Waals surface area contributed by atoms with Gasteiger partial charge in [-0.05, 0) is 63.9 Å². The predicted molar refractivity (Wildman–Crippen MR) is 227 cm³/mol. The molecule has 0 unspecified atom stereocenters. The molecule has 0 saturated heterocycles. The maximum absolute atomic E-state index is 14.7. The summed E-state index contributed by atoms with van der Waals surface area (Å²) in [6, 6.07) is 60.7. The number of carbonyl (C=O) groups is 2. The van der Waals surface area contributed by atoms with Crippen LogP contribution in [0, 0.1) is 13.8 Å². The third-order valence-corrected chi connectivity index (χ3v) is 10.9. The lowest BCUT2D eigenvalue weighted by atomic mass is 9.80. The van der Waals surface area contributed by atoms with E-state index < -0.39 is 29.8 Å². The maximum atomic E-state index is 14.7. The van der Waals surface area contributed by atoms with Gasteiger partial charge in [0, 0.05) is 5.92 Å². The minimum absolute atomic E-state index is 0.0832. The van der Waals surface area contributed by atoms with Gasteiger partial charge in [0.2, 0.25) is 0 Å². The Labute approximate surface area is 340 Å². The van der Waals surface area contributed by atoms with Gasteiger partial charge in [-0.25, -0.2) is 9.59 Å². The highest BCUT2D eigenvalue weighted by molar-refractivity contribution is 5.82. The van der Waals surface area contributed by atoms with E-state index in [4.69, 9.17) is 14.2 Å². The van der Waals surface area contributed by atoms with Crippen molar-refractivity contribution in [3.05, 3.63) is 238 Å². The SMILES string of the molecule is Cc1ccc(C(OC(=O)[C@H](COC(c2ccccc2)(c2ccccc2)c2ccccc2)NC(=O)OCC2c3ccccc3-c3ccccc32)c2ccc(C)cc2)cc1. The Balaban J connectivity index is 1.14. The lowest BCUT2D eigenvalue weighted by Crippen LogP contribution is -2.48. The highest BCUT2D eigenvalue weighted by atomic mass is 16.6. The van der Waals surface area contributed by atoms with Crippen LogP contribution in [0.5, 0.6) is 0 Å². The van der Waals surface area contributed by atoms with Crippen LogP contribution in [0.1, 0.15) is 62.1 Å². The first-order valence-corrected chi connectivity index (χ1v) is 19.7. The first kappa shape index (κ1) is 38.1. The molecule has 0 radical (unpaired) electrons. The van der Waals surface area contributed by atoms with E-state index in [2.05, 4.69) is 29.6 Å². The lowest BCUT2D eigenvalue weighted by molar-refractivity contribution is -0.153. The van der Waals surface area contributed by atoms with Crippen LogP contribution in [0.4, 0.5) is 4.79 Å². The van der Waals surface area contributed by atoms with Crippen molar-refractivity contribution in [3.63, 3.8) is 0 Å². The van der Waals surface area contributed by atoms with Crippen LogP contribution in [0.2, 0.25) is 0 Å². The van der Waals surface area contributed by atoms with Gasteiger partial charge in [0.25, 0.3) is 0 Å². The van der Waals surface area contributed by atoms with Crippen molar-refractivity contribution in [2.75, 3.05) is 13.2 Å². The molecule has 0 saturated carbocycles. The van der Waals surface area contributed by atoms with Gasteiger partial charge in [-0.1, -0.05) is 199 Å². The summed E-state index contributed by atoms with van der Waals surface area (Å²) in [6.07, 6.45) is -1.50. The summed E-state index contributed by atoms with van der Waals surface area (Å²) in [4.78, 5) is 28.7. The Morgan fingerprint density at radius 3 is 1.41 bits per heavy atom. The fourth-order valence-corrected chi connectivity index (χ4v) is 7.94. The van der Waals surface area contributed by atoms with E-state index in [0.29, 0.717) is 0 Å². The molecule has 6 heteroatoms. The average molecular weight is 764 g/mol. The van der Waals surface area contributed by atoms with Crippen LogP contribution in [-0.2, 0) is 24.6 Å². The number of aryl methyl sites for hydroxylation is 2. The molecule has 288 valence electrons. The molecule has 58 heavy (non-hydrogen) atoms. The molecule has 7 aromatic carbocycles. The molecule has 1 N–H and O–H groups in total. The van der Waals surface area contributed by atoms with E-state index in [1.54, 1.807) is 0 Å². The zero-order valence-corrected chi connectivity index (χ0v) is 32.6. The van der Waals surface area contributed by atoms with Crippen LogP contribution in [-0.4, -0.2) is 31.3 Å². The minimum Gasteiger partial charge on any atom is -0.451 e. The van der Waals surface area contributed by atoms with Crippen LogP contribution in [0.15, 0.2) is 188 Å². The number of esters is 1. The maximum Gasteiger partial charge on any atom is 0.407 e. The van der Waals surface area contributed by atoms with Crippen LogP contribution < -0.4 is 5.32 Å². The number of rotatable bonds is 13. The second-order valence-electron chi connectivity index (χ2n) is 14.8. The van der Waals surface area contributed by atoms with Gasteiger partial charge in [-0.3, -0.25) is 0 Å². The second-order valence-corrected chi connectivity index (χ2v) is 14.8.